The van der Waals surface area contributed by atoms with E-state index < -0.39 is 5.60 Å². The normalized spacial score (nSPS) is 20.1. The van der Waals surface area contributed by atoms with Gasteiger partial charge < -0.3 is 14.9 Å². The third kappa shape index (κ3) is 1.98. The lowest BCUT2D eigenvalue weighted by molar-refractivity contribution is -0.0689. The van der Waals surface area contributed by atoms with E-state index >= 15 is 0 Å². The van der Waals surface area contributed by atoms with Gasteiger partial charge in [0.25, 0.3) is 0 Å². The molecule has 0 atom stereocenters. The lowest BCUT2D eigenvalue weighted by Crippen LogP contribution is -2.33. The molecule has 1 aliphatic heterocycles. The van der Waals surface area contributed by atoms with Crippen molar-refractivity contribution >= 4 is 0 Å². The van der Waals surface area contributed by atoms with Gasteiger partial charge in [-0.05, 0) is 18.6 Å². The largest absolute Gasteiger partial charge is 0.508 e. The molecule has 1 aliphatic rings. The van der Waals surface area contributed by atoms with Crippen molar-refractivity contribution in [3.05, 3.63) is 29.3 Å². The Morgan fingerprint density at radius 1 is 1.27 bits per heavy atom. The SMILES string of the molecule is Cc1ccc(C2(O)CCOCC2)c(O)c1. The molecular formula is C12H16O3. The lowest BCUT2D eigenvalue weighted by Gasteiger charge is -2.32. The monoisotopic (exact) mass is 208 g/mol. The number of rotatable bonds is 1. The zero-order valence-electron chi connectivity index (χ0n) is 8.86. The van der Waals surface area contributed by atoms with Gasteiger partial charge in [0.1, 0.15) is 5.75 Å². The second kappa shape index (κ2) is 3.83. The summed E-state index contributed by atoms with van der Waals surface area (Å²) in [6, 6.07) is 5.39. The average Bonchev–Trinajstić information content (AvgIpc) is 2.18. The van der Waals surface area contributed by atoms with Crippen LogP contribution in [0.5, 0.6) is 5.75 Å². The molecule has 0 saturated carbocycles. The summed E-state index contributed by atoms with van der Waals surface area (Å²) in [4.78, 5) is 0. The first-order chi connectivity index (χ1) is 7.12. The predicted octanol–water partition coefficient (Wildman–Crippen LogP) is 1.70. The van der Waals surface area contributed by atoms with Gasteiger partial charge in [-0.2, -0.15) is 0 Å². The maximum atomic E-state index is 10.4. The highest BCUT2D eigenvalue weighted by atomic mass is 16.5. The first-order valence-electron chi connectivity index (χ1n) is 5.22. The molecule has 1 aromatic rings. The Morgan fingerprint density at radius 3 is 2.53 bits per heavy atom. The topological polar surface area (TPSA) is 49.7 Å². The van der Waals surface area contributed by atoms with Crippen LogP contribution in [0.2, 0.25) is 0 Å². The Labute approximate surface area is 89.3 Å². The predicted molar refractivity (Wildman–Crippen MR) is 56.8 cm³/mol. The van der Waals surface area contributed by atoms with Crippen molar-refractivity contribution in [3.8, 4) is 5.75 Å². The Kier molecular flexibility index (Phi) is 2.67. The summed E-state index contributed by atoms with van der Waals surface area (Å²) in [5, 5.41) is 20.2. The Morgan fingerprint density at radius 2 is 1.93 bits per heavy atom. The molecule has 1 aromatic carbocycles. The van der Waals surface area contributed by atoms with Crippen molar-refractivity contribution in [1.29, 1.82) is 0 Å². The van der Waals surface area contributed by atoms with E-state index in [9.17, 15) is 10.2 Å². The van der Waals surface area contributed by atoms with Crippen molar-refractivity contribution in [2.75, 3.05) is 13.2 Å². The fourth-order valence-corrected chi connectivity index (χ4v) is 2.01. The van der Waals surface area contributed by atoms with Crippen LogP contribution in [0.15, 0.2) is 18.2 Å². The molecule has 0 radical (unpaired) electrons. The van der Waals surface area contributed by atoms with E-state index in [1.165, 1.54) is 0 Å². The quantitative estimate of drug-likeness (QED) is 0.738. The van der Waals surface area contributed by atoms with Gasteiger partial charge in [-0.1, -0.05) is 12.1 Å². The number of hydrogen-bond acceptors (Lipinski definition) is 3. The minimum atomic E-state index is -0.921. The highest BCUT2D eigenvalue weighted by molar-refractivity contribution is 5.40. The molecule has 1 fully saturated rings. The third-order valence-electron chi connectivity index (χ3n) is 2.97. The summed E-state index contributed by atoms with van der Waals surface area (Å²) in [6.45, 7) is 3.01. The minimum Gasteiger partial charge on any atom is -0.508 e. The van der Waals surface area contributed by atoms with Crippen LogP contribution < -0.4 is 0 Å². The van der Waals surface area contributed by atoms with Crippen molar-refractivity contribution in [2.24, 2.45) is 0 Å². The summed E-state index contributed by atoms with van der Waals surface area (Å²) >= 11 is 0. The Bertz CT molecular complexity index is 354. The van der Waals surface area contributed by atoms with Crippen LogP contribution in [0, 0.1) is 6.92 Å². The third-order valence-corrected chi connectivity index (χ3v) is 2.97. The van der Waals surface area contributed by atoms with Crippen molar-refractivity contribution in [1.82, 2.24) is 0 Å². The van der Waals surface area contributed by atoms with Gasteiger partial charge in [0.15, 0.2) is 0 Å². The zero-order chi connectivity index (χ0) is 10.9. The number of phenols is 1. The standard InChI is InChI=1S/C12H16O3/c1-9-2-3-10(11(13)8-9)12(14)4-6-15-7-5-12/h2-3,8,13-14H,4-7H2,1H3. The molecule has 2 N–H and O–H groups in total. The fourth-order valence-electron chi connectivity index (χ4n) is 2.01. The second-order valence-corrected chi connectivity index (χ2v) is 4.16. The van der Waals surface area contributed by atoms with Crippen LogP contribution in [0.4, 0.5) is 0 Å². The van der Waals surface area contributed by atoms with E-state index in [0.29, 0.717) is 31.6 Å². The molecule has 1 heterocycles. The van der Waals surface area contributed by atoms with Gasteiger partial charge in [0.05, 0.1) is 5.60 Å². The highest BCUT2D eigenvalue weighted by Gasteiger charge is 2.33. The average molecular weight is 208 g/mol. The van der Waals surface area contributed by atoms with Gasteiger partial charge in [-0.3, -0.25) is 0 Å². The second-order valence-electron chi connectivity index (χ2n) is 4.16. The first-order valence-corrected chi connectivity index (χ1v) is 5.22. The molecule has 0 unspecified atom stereocenters. The lowest BCUT2D eigenvalue weighted by atomic mass is 9.85. The van der Waals surface area contributed by atoms with E-state index in [-0.39, 0.29) is 5.75 Å². The highest BCUT2D eigenvalue weighted by Crippen LogP contribution is 2.37. The van der Waals surface area contributed by atoms with E-state index in [4.69, 9.17) is 4.74 Å². The van der Waals surface area contributed by atoms with E-state index in [2.05, 4.69) is 0 Å². The van der Waals surface area contributed by atoms with Crippen molar-refractivity contribution < 1.29 is 14.9 Å². The molecule has 3 nitrogen and oxygen atoms in total. The number of phenolic OH excluding ortho intramolecular Hbond substituents is 1. The number of ether oxygens (including phenoxy) is 1. The Hall–Kier alpha value is -1.06. The van der Waals surface area contributed by atoms with Gasteiger partial charge in [0.2, 0.25) is 0 Å². The maximum Gasteiger partial charge on any atom is 0.121 e. The number of aliphatic hydroxyl groups is 1. The number of aromatic hydroxyl groups is 1. The van der Waals surface area contributed by atoms with Crippen LogP contribution in [0.1, 0.15) is 24.0 Å². The van der Waals surface area contributed by atoms with Gasteiger partial charge in [-0.15, -0.1) is 0 Å². The summed E-state index contributed by atoms with van der Waals surface area (Å²) in [7, 11) is 0. The minimum absolute atomic E-state index is 0.180. The van der Waals surface area contributed by atoms with Crippen LogP contribution in [-0.2, 0) is 10.3 Å². The molecule has 82 valence electrons. The van der Waals surface area contributed by atoms with Gasteiger partial charge >= 0.3 is 0 Å². The summed E-state index contributed by atoms with van der Waals surface area (Å²) < 4.78 is 5.21. The first kappa shape index (κ1) is 10.5. The molecule has 0 amide bonds. The van der Waals surface area contributed by atoms with Crippen LogP contribution in [-0.4, -0.2) is 23.4 Å². The van der Waals surface area contributed by atoms with E-state index in [1.807, 2.05) is 13.0 Å². The van der Waals surface area contributed by atoms with Crippen molar-refractivity contribution in [3.63, 3.8) is 0 Å². The maximum absolute atomic E-state index is 10.4. The molecular weight excluding hydrogens is 192 g/mol. The van der Waals surface area contributed by atoms with Crippen LogP contribution in [0.25, 0.3) is 0 Å². The molecule has 2 rings (SSSR count). The number of aryl methyl sites for hydroxylation is 1. The van der Waals surface area contributed by atoms with Crippen LogP contribution >= 0.6 is 0 Å². The number of benzene rings is 1. The number of hydrogen-bond donors (Lipinski definition) is 2. The van der Waals surface area contributed by atoms with Gasteiger partial charge in [-0.25, -0.2) is 0 Å². The van der Waals surface area contributed by atoms with Crippen LogP contribution in [0.3, 0.4) is 0 Å². The summed E-state index contributed by atoms with van der Waals surface area (Å²) in [6.07, 6.45) is 1.09. The molecule has 15 heavy (non-hydrogen) atoms. The molecule has 1 saturated heterocycles. The summed E-state index contributed by atoms with van der Waals surface area (Å²) in [5.41, 5.74) is 0.694. The molecule has 3 heteroatoms. The van der Waals surface area contributed by atoms with Crippen molar-refractivity contribution in [2.45, 2.75) is 25.4 Å². The van der Waals surface area contributed by atoms with E-state index in [1.54, 1.807) is 12.1 Å². The molecule has 0 spiro atoms. The fraction of sp³-hybridized carbons (Fsp3) is 0.500. The zero-order valence-corrected chi connectivity index (χ0v) is 8.86. The Balaban J connectivity index is 2.35. The van der Waals surface area contributed by atoms with E-state index in [0.717, 1.165) is 5.56 Å². The summed E-state index contributed by atoms with van der Waals surface area (Å²) in [5.74, 6) is 0.180. The molecule has 0 aromatic heterocycles. The molecule has 0 bridgehead atoms. The van der Waals surface area contributed by atoms with Gasteiger partial charge in [0, 0.05) is 31.6 Å². The smallest absolute Gasteiger partial charge is 0.121 e. The molecule has 0 aliphatic carbocycles.